The average molecular weight is 354 g/mol. The molecule has 0 radical (unpaired) electrons. The molecule has 1 amide bonds. The number of aromatic nitrogens is 5. The lowest BCUT2D eigenvalue weighted by molar-refractivity contribution is -0.116. The quantitative estimate of drug-likeness (QED) is 0.753. The number of anilines is 1. The lowest BCUT2D eigenvalue weighted by Gasteiger charge is -2.14. The predicted octanol–water partition coefficient (Wildman–Crippen LogP) is 3.25. The molecule has 138 valence electrons. The number of aromatic amines is 1. The van der Waals surface area contributed by atoms with Crippen molar-refractivity contribution in [2.45, 2.75) is 59.8 Å². The molecule has 3 aromatic rings. The number of nitrogens with zero attached hydrogens (tertiary/aromatic N) is 4. The van der Waals surface area contributed by atoms with E-state index >= 15 is 0 Å². The Hall–Kier alpha value is -2.70. The number of carbonyl (C=O) groups is 1. The third kappa shape index (κ3) is 3.61. The molecule has 0 spiro atoms. The maximum Gasteiger partial charge on any atom is 0.225 e. The molecular weight excluding hydrogens is 328 g/mol. The Morgan fingerprint density at radius 3 is 2.62 bits per heavy atom. The van der Waals surface area contributed by atoms with Crippen LogP contribution in [-0.4, -0.2) is 30.7 Å². The highest BCUT2D eigenvalue weighted by Gasteiger charge is 2.18. The van der Waals surface area contributed by atoms with E-state index in [-0.39, 0.29) is 11.3 Å². The van der Waals surface area contributed by atoms with Crippen molar-refractivity contribution in [2.75, 3.05) is 5.32 Å². The molecule has 0 aliphatic rings. The summed E-state index contributed by atoms with van der Waals surface area (Å²) in [6.45, 7) is 12.2. The molecular formula is C19H26N6O. The fraction of sp³-hybridized carbons (Fsp3) is 0.474. The van der Waals surface area contributed by atoms with Crippen LogP contribution in [0.5, 0.6) is 0 Å². The van der Waals surface area contributed by atoms with Gasteiger partial charge in [0.1, 0.15) is 0 Å². The molecule has 7 nitrogen and oxygen atoms in total. The minimum Gasteiger partial charge on any atom is -0.309 e. The molecule has 26 heavy (non-hydrogen) atoms. The van der Waals surface area contributed by atoms with Gasteiger partial charge in [0.2, 0.25) is 5.91 Å². The molecule has 0 saturated heterocycles. The van der Waals surface area contributed by atoms with Crippen LogP contribution in [0.2, 0.25) is 0 Å². The van der Waals surface area contributed by atoms with Crippen LogP contribution < -0.4 is 5.32 Å². The summed E-state index contributed by atoms with van der Waals surface area (Å²) in [5.74, 6) is 0.497. The highest BCUT2D eigenvalue weighted by molar-refractivity contribution is 5.89. The van der Waals surface area contributed by atoms with Crippen molar-refractivity contribution >= 4 is 17.4 Å². The van der Waals surface area contributed by atoms with Crippen molar-refractivity contribution < 1.29 is 4.79 Å². The van der Waals surface area contributed by atoms with Crippen LogP contribution in [0.25, 0.3) is 5.65 Å². The summed E-state index contributed by atoms with van der Waals surface area (Å²) in [6.07, 6.45) is 0.981. The SMILES string of the molecule is Cc1cc2nc(C)c(CCC(=O)Nc3cc(C(C)(C)C)[nH]n3)c(C)n2n1. The number of carbonyl (C=O) groups excluding carboxylic acids is 1. The second-order valence-electron chi connectivity index (χ2n) is 7.78. The molecule has 0 aromatic carbocycles. The van der Waals surface area contributed by atoms with Crippen molar-refractivity contribution in [1.82, 2.24) is 24.8 Å². The summed E-state index contributed by atoms with van der Waals surface area (Å²) in [5, 5.41) is 14.5. The first-order valence-electron chi connectivity index (χ1n) is 8.83. The number of fused-ring (bicyclic) bond motifs is 1. The Bertz CT molecular complexity index is 960. The summed E-state index contributed by atoms with van der Waals surface area (Å²) in [5.41, 5.74) is 5.77. The first-order valence-corrected chi connectivity index (χ1v) is 8.83. The number of aryl methyl sites for hydroxylation is 3. The first-order chi connectivity index (χ1) is 12.1. The largest absolute Gasteiger partial charge is 0.309 e. The molecule has 0 atom stereocenters. The van der Waals surface area contributed by atoms with Gasteiger partial charge in [0.05, 0.1) is 5.69 Å². The third-order valence-electron chi connectivity index (χ3n) is 4.54. The second kappa shape index (κ2) is 6.55. The van der Waals surface area contributed by atoms with Gasteiger partial charge in [-0.3, -0.25) is 9.89 Å². The van der Waals surface area contributed by atoms with Gasteiger partial charge >= 0.3 is 0 Å². The van der Waals surface area contributed by atoms with Crippen molar-refractivity contribution in [2.24, 2.45) is 0 Å². The van der Waals surface area contributed by atoms with Crippen LogP contribution in [0.1, 0.15) is 55.5 Å². The Labute approximate surface area is 153 Å². The summed E-state index contributed by atoms with van der Waals surface area (Å²) < 4.78 is 1.85. The van der Waals surface area contributed by atoms with E-state index in [1.807, 2.05) is 37.4 Å². The van der Waals surface area contributed by atoms with Crippen LogP contribution >= 0.6 is 0 Å². The van der Waals surface area contributed by atoms with E-state index in [9.17, 15) is 4.79 Å². The van der Waals surface area contributed by atoms with Gasteiger partial charge in [-0.1, -0.05) is 20.8 Å². The zero-order valence-electron chi connectivity index (χ0n) is 16.3. The molecule has 7 heteroatoms. The van der Waals surface area contributed by atoms with Gasteiger partial charge < -0.3 is 5.32 Å². The lowest BCUT2D eigenvalue weighted by atomic mass is 9.92. The molecule has 3 heterocycles. The summed E-state index contributed by atoms with van der Waals surface area (Å²) in [6, 6.07) is 3.84. The fourth-order valence-corrected chi connectivity index (χ4v) is 3.02. The van der Waals surface area contributed by atoms with E-state index < -0.39 is 0 Å². The van der Waals surface area contributed by atoms with Gasteiger partial charge in [0.15, 0.2) is 11.5 Å². The van der Waals surface area contributed by atoms with Crippen molar-refractivity contribution in [3.05, 3.63) is 40.5 Å². The smallest absolute Gasteiger partial charge is 0.225 e. The van der Waals surface area contributed by atoms with E-state index in [1.54, 1.807) is 0 Å². The second-order valence-corrected chi connectivity index (χ2v) is 7.78. The normalized spacial score (nSPS) is 11.9. The Morgan fingerprint density at radius 2 is 1.96 bits per heavy atom. The number of rotatable bonds is 4. The van der Waals surface area contributed by atoms with E-state index in [0.717, 1.165) is 34.0 Å². The topological polar surface area (TPSA) is 88.0 Å². The molecule has 0 unspecified atom stereocenters. The van der Waals surface area contributed by atoms with Gasteiger partial charge in [-0.25, -0.2) is 9.50 Å². The fourth-order valence-electron chi connectivity index (χ4n) is 3.02. The van der Waals surface area contributed by atoms with Crippen LogP contribution in [-0.2, 0) is 16.6 Å². The molecule has 0 bridgehead atoms. The summed E-state index contributed by atoms with van der Waals surface area (Å²) >= 11 is 0. The highest BCUT2D eigenvalue weighted by atomic mass is 16.1. The number of nitrogens with one attached hydrogen (secondary N) is 2. The minimum atomic E-state index is -0.0625. The van der Waals surface area contributed by atoms with Crippen LogP contribution in [0.15, 0.2) is 12.1 Å². The van der Waals surface area contributed by atoms with Gasteiger partial charge in [-0.2, -0.15) is 10.2 Å². The van der Waals surface area contributed by atoms with Crippen LogP contribution in [0, 0.1) is 20.8 Å². The van der Waals surface area contributed by atoms with E-state index in [2.05, 4.69) is 46.4 Å². The van der Waals surface area contributed by atoms with Gasteiger partial charge in [0, 0.05) is 41.1 Å². The molecule has 3 aromatic heterocycles. The predicted molar refractivity (Wildman–Crippen MR) is 101 cm³/mol. The standard InChI is InChI=1S/C19H26N6O/c1-11-9-17-20-12(2)14(13(3)25(17)24-11)7-8-18(26)21-16-10-15(22-23-16)19(4,5)6/h9-10H,7-8H2,1-6H3,(H2,21,22,23,26). The lowest BCUT2D eigenvalue weighted by Crippen LogP contribution is -2.14. The third-order valence-corrected chi connectivity index (χ3v) is 4.54. The summed E-state index contributed by atoms with van der Waals surface area (Å²) in [4.78, 5) is 16.9. The van der Waals surface area contributed by atoms with Gasteiger partial charge in [-0.15, -0.1) is 0 Å². The number of hydrogen-bond acceptors (Lipinski definition) is 4. The molecule has 0 fully saturated rings. The molecule has 0 aliphatic carbocycles. The zero-order valence-corrected chi connectivity index (χ0v) is 16.3. The Balaban J connectivity index is 1.70. The van der Waals surface area contributed by atoms with Gasteiger partial charge in [0.25, 0.3) is 0 Å². The number of H-pyrrole nitrogens is 1. The monoisotopic (exact) mass is 354 g/mol. The maximum absolute atomic E-state index is 12.3. The maximum atomic E-state index is 12.3. The van der Waals surface area contributed by atoms with Crippen molar-refractivity contribution in [3.8, 4) is 0 Å². The minimum absolute atomic E-state index is 0.0345. The Morgan fingerprint density at radius 1 is 1.23 bits per heavy atom. The average Bonchev–Trinajstić information content (AvgIpc) is 3.13. The first kappa shape index (κ1) is 18.1. The molecule has 2 N–H and O–H groups in total. The van der Waals surface area contributed by atoms with Crippen LogP contribution in [0.3, 0.4) is 0 Å². The van der Waals surface area contributed by atoms with Crippen LogP contribution in [0.4, 0.5) is 5.82 Å². The van der Waals surface area contributed by atoms with E-state index in [1.165, 1.54) is 0 Å². The number of amides is 1. The van der Waals surface area contributed by atoms with Gasteiger partial charge in [-0.05, 0) is 32.8 Å². The highest BCUT2D eigenvalue weighted by Crippen LogP contribution is 2.22. The molecule has 0 saturated carbocycles. The van der Waals surface area contributed by atoms with E-state index in [0.29, 0.717) is 18.7 Å². The summed E-state index contributed by atoms with van der Waals surface area (Å²) in [7, 11) is 0. The number of hydrogen-bond donors (Lipinski definition) is 2. The van der Waals surface area contributed by atoms with Crippen molar-refractivity contribution in [3.63, 3.8) is 0 Å². The molecule has 3 rings (SSSR count). The molecule has 0 aliphatic heterocycles. The van der Waals surface area contributed by atoms with E-state index in [4.69, 9.17) is 0 Å². The Kier molecular flexibility index (Phi) is 4.56. The zero-order chi connectivity index (χ0) is 19.1. The van der Waals surface area contributed by atoms with Crippen molar-refractivity contribution in [1.29, 1.82) is 0 Å².